The Morgan fingerprint density at radius 1 is 0.558 bits per heavy atom. The van der Waals surface area contributed by atoms with Gasteiger partial charge in [-0.25, -0.2) is 0 Å². The number of unbranched alkanes of at least 4 members (excludes halogenated alkanes) is 6. The van der Waals surface area contributed by atoms with Gasteiger partial charge in [-0.1, -0.05) is 74.9 Å². The monoisotopic (exact) mass is 716 g/mol. The third kappa shape index (κ3) is 8.91. The predicted octanol–water partition coefficient (Wildman–Crippen LogP) is 9.87. The molecule has 2 fully saturated rings. The zero-order valence-corrected chi connectivity index (χ0v) is 33.0. The molecule has 8 heteroatoms. The van der Waals surface area contributed by atoms with Crippen molar-refractivity contribution >= 4 is 23.8 Å². The normalized spacial score (nSPS) is 20.0. The molecule has 4 rings (SSSR count). The molecule has 0 saturated carbocycles. The minimum atomic E-state index is -1.06. The maximum absolute atomic E-state index is 14.2. The van der Waals surface area contributed by atoms with Crippen molar-refractivity contribution < 1.29 is 29.4 Å². The fraction of sp³-hybridized carbons (Fsp3) is 0.636. The first-order valence-corrected chi connectivity index (χ1v) is 19.5. The molecule has 0 radical (unpaired) electrons. The molecule has 0 aliphatic carbocycles. The second-order valence-corrected chi connectivity index (χ2v) is 18.2. The Bertz CT molecular complexity index is 1420. The first kappa shape index (κ1) is 41.1. The number of carbonyl (C=O) groups excluding carboxylic acids is 2. The average molecular weight is 717 g/mol. The van der Waals surface area contributed by atoms with Gasteiger partial charge in [0.15, 0.2) is 0 Å². The van der Waals surface area contributed by atoms with Crippen molar-refractivity contribution in [2.24, 2.45) is 17.3 Å². The van der Waals surface area contributed by atoms with E-state index >= 15 is 0 Å². The van der Waals surface area contributed by atoms with Crippen LogP contribution in [-0.2, 0) is 9.59 Å². The smallest absolute Gasteiger partial charge is 0.310 e. The van der Waals surface area contributed by atoms with Gasteiger partial charge in [0.05, 0.1) is 5.41 Å². The Hall–Kier alpha value is -3.68. The Kier molecular flexibility index (Phi) is 12.7. The quantitative estimate of drug-likeness (QED) is 0.177. The number of nitrogens with zero attached hydrogens (tertiary/aromatic N) is 2. The zero-order chi connectivity index (χ0) is 38.5. The van der Waals surface area contributed by atoms with Crippen molar-refractivity contribution in [1.29, 1.82) is 0 Å². The van der Waals surface area contributed by atoms with Gasteiger partial charge in [-0.15, -0.1) is 0 Å². The van der Waals surface area contributed by atoms with Crippen LogP contribution in [0, 0.1) is 17.3 Å². The van der Waals surface area contributed by atoms with E-state index in [0.29, 0.717) is 49.7 Å². The highest BCUT2D eigenvalue weighted by molar-refractivity contribution is 5.96. The highest BCUT2D eigenvalue weighted by Gasteiger charge is 2.62. The summed E-state index contributed by atoms with van der Waals surface area (Å²) < 4.78 is 0. The van der Waals surface area contributed by atoms with Gasteiger partial charge in [0.2, 0.25) is 0 Å². The number of piperidine rings is 2. The van der Waals surface area contributed by atoms with Crippen molar-refractivity contribution in [1.82, 2.24) is 9.80 Å². The molecule has 286 valence electrons. The summed E-state index contributed by atoms with van der Waals surface area (Å²) in [5, 5.41) is 20.6. The van der Waals surface area contributed by atoms with E-state index in [-0.39, 0.29) is 30.1 Å². The number of hydrogen-bond donors (Lipinski definition) is 2. The average Bonchev–Trinajstić information content (AvgIpc) is 3.03. The molecule has 8 nitrogen and oxygen atoms in total. The van der Waals surface area contributed by atoms with E-state index in [9.17, 15) is 24.3 Å². The number of benzene rings is 2. The number of carboxylic acids is 2. The molecular weight excluding hydrogens is 652 g/mol. The number of amides is 2. The standard InChI is InChI=1S/C44H64N2O6/c1-40(2)28-34(29-41(3,4)45(40)37(49)32-22-16-14-17-23-32)44(39(51)52,27-21-13-11-9-10-12-20-26-36(47)48)35-30-42(5,6)46(43(7,8)31-35)38(50)33-24-18-15-19-25-33/h14-19,22-25,34-35H,9-13,20-21,26-31H2,1-8H3,(H,47,48)(H,51,52). The molecule has 2 aromatic rings. The van der Waals surface area contributed by atoms with Gasteiger partial charge >= 0.3 is 11.9 Å². The third-order valence-electron chi connectivity index (χ3n) is 12.2. The summed E-state index contributed by atoms with van der Waals surface area (Å²) in [5.41, 5.74) is -2.22. The van der Waals surface area contributed by atoms with E-state index in [1.54, 1.807) is 0 Å². The van der Waals surface area contributed by atoms with Gasteiger partial charge in [0, 0.05) is 39.7 Å². The Labute approximate surface area is 312 Å². The van der Waals surface area contributed by atoms with E-state index < -0.39 is 39.5 Å². The highest BCUT2D eigenvalue weighted by atomic mass is 16.4. The zero-order valence-electron chi connectivity index (χ0n) is 33.0. The Morgan fingerprint density at radius 2 is 0.885 bits per heavy atom. The van der Waals surface area contributed by atoms with E-state index in [1.165, 1.54) is 0 Å². The molecule has 2 aromatic carbocycles. The number of aliphatic carboxylic acids is 2. The molecule has 2 aliphatic rings. The van der Waals surface area contributed by atoms with Crippen molar-refractivity contribution in [3.63, 3.8) is 0 Å². The molecule has 0 spiro atoms. The van der Waals surface area contributed by atoms with Gasteiger partial charge < -0.3 is 20.0 Å². The topological polar surface area (TPSA) is 115 Å². The van der Waals surface area contributed by atoms with Crippen LogP contribution in [0.3, 0.4) is 0 Å². The van der Waals surface area contributed by atoms with Gasteiger partial charge in [-0.05, 0) is 130 Å². The van der Waals surface area contributed by atoms with E-state index in [0.717, 1.165) is 38.5 Å². The first-order chi connectivity index (χ1) is 24.3. The summed E-state index contributed by atoms with van der Waals surface area (Å²) in [4.78, 5) is 57.4. The lowest BCUT2D eigenvalue weighted by molar-refractivity contribution is -0.174. The molecule has 2 amide bonds. The lowest BCUT2D eigenvalue weighted by Crippen LogP contribution is -2.68. The fourth-order valence-corrected chi connectivity index (χ4v) is 10.6. The minimum Gasteiger partial charge on any atom is -0.481 e. The van der Waals surface area contributed by atoms with Crippen LogP contribution in [0.5, 0.6) is 0 Å². The molecule has 0 atom stereocenters. The number of carbonyl (C=O) groups is 4. The van der Waals surface area contributed by atoms with Crippen LogP contribution in [0.15, 0.2) is 60.7 Å². The van der Waals surface area contributed by atoms with Crippen LogP contribution in [0.2, 0.25) is 0 Å². The summed E-state index contributed by atoms with van der Waals surface area (Å²) in [6, 6.07) is 18.7. The summed E-state index contributed by atoms with van der Waals surface area (Å²) in [6.45, 7) is 16.7. The Balaban J connectivity index is 1.68. The number of rotatable bonds is 15. The summed E-state index contributed by atoms with van der Waals surface area (Å²) in [6.07, 6.45) is 9.20. The van der Waals surface area contributed by atoms with Gasteiger partial charge in [0.1, 0.15) is 0 Å². The predicted molar refractivity (Wildman–Crippen MR) is 206 cm³/mol. The van der Waals surface area contributed by atoms with Crippen LogP contribution >= 0.6 is 0 Å². The fourth-order valence-electron chi connectivity index (χ4n) is 10.6. The van der Waals surface area contributed by atoms with Crippen molar-refractivity contribution in [2.45, 2.75) is 161 Å². The minimum absolute atomic E-state index is 0.0340. The van der Waals surface area contributed by atoms with Crippen molar-refractivity contribution in [2.75, 3.05) is 0 Å². The van der Waals surface area contributed by atoms with Crippen LogP contribution in [0.1, 0.15) is 160 Å². The largest absolute Gasteiger partial charge is 0.481 e. The summed E-state index contributed by atoms with van der Waals surface area (Å²) in [5.74, 6) is -1.98. The molecule has 52 heavy (non-hydrogen) atoms. The second kappa shape index (κ2) is 16.1. The van der Waals surface area contributed by atoms with E-state index in [2.05, 4.69) is 55.4 Å². The maximum Gasteiger partial charge on any atom is 0.310 e. The number of likely N-dealkylation sites (tertiary alicyclic amines) is 2. The van der Waals surface area contributed by atoms with Gasteiger partial charge in [0.25, 0.3) is 11.8 Å². The summed E-state index contributed by atoms with van der Waals surface area (Å²) in [7, 11) is 0. The first-order valence-electron chi connectivity index (χ1n) is 19.5. The van der Waals surface area contributed by atoms with Gasteiger partial charge in [-0.2, -0.15) is 0 Å². The molecule has 2 heterocycles. The molecular formula is C44H64N2O6. The summed E-state index contributed by atoms with van der Waals surface area (Å²) >= 11 is 0. The molecule has 2 aliphatic heterocycles. The highest BCUT2D eigenvalue weighted by Crippen LogP contribution is 2.59. The maximum atomic E-state index is 14.2. The van der Waals surface area contributed by atoms with Crippen LogP contribution in [-0.4, -0.2) is 65.9 Å². The van der Waals surface area contributed by atoms with Crippen LogP contribution in [0.25, 0.3) is 0 Å². The molecule has 0 unspecified atom stereocenters. The lowest BCUT2D eigenvalue weighted by Gasteiger charge is -2.62. The van der Waals surface area contributed by atoms with E-state index in [4.69, 9.17) is 5.11 Å². The number of hydrogen-bond acceptors (Lipinski definition) is 4. The van der Waals surface area contributed by atoms with E-state index in [1.807, 2.05) is 70.5 Å². The third-order valence-corrected chi connectivity index (χ3v) is 12.2. The van der Waals surface area contributed by atoms with Crippen molar-refractivity contribution in [3.8, 4) is 0 Å². The Morgan fingerprint density at radius 3 is 1.21 bits per heavy atom. The SMILES string of the molecule is CC1(C)CC(C(CCCCCCCCCC(=O)O)(C(=O)O)C2CC(C)(C)N(C(=O)c3ccccc3)C(C)(C)C2)CC(C)(C)N1C(=O)c1ccccc1. The van der Waals surface area contributed by atoms with Crippen LogP contribution in [0.4, 0.5) is 0 Å². The molecule has 0 bridgehead atoms. The lowest BCUT2D eigenvalue weighted by atomic mass is 9.52. The van der Waals surface area contributed by atoms with Crippen molar-refractivity contribution in [3.05, 3.63) is 71.8 Å². The van der Waals surface area contributed by atoms with Crippen LogP contribution < -0.4 is 0 Å². The molecule has 0 aromatic heterocycles. The molecule has 2 N–H and O–H groups in total. The van der Waals surface area contributed by atoms with Gasteiger partial charge in [-0.3, -0.25) is 19.2 Å². The second-order valence-electron chi connectivity index (χ2n) is 18.2. The molecule has 2 saturated heterocycles. The number of carboxylic acid groups (broad SMARTS) is 2.